The van der Waals surface area contributed by atoms with Gasteiger partial charge in [0.05, 0.1) is 0 Å². The summed E-state index contributed by atoms with van der Waals surface area (Å²) in [6.45, 7) is 0.380. The third kappa shape index (κ3) is 6.51. The Morgan fingerprint density at radius 2 is 1.95 bits per heavy atom. The second-order valence-electron chi connectivity index (χ2n) is 3.54. The number of hydrogen-bond donors (Lipinski definition) is 3. The van der Waals surface area contributed by atoms with Gasteiger partial charge in [0.2, 0.25) is 0 Å². The molecule has 0 saturated carbocycles. The van der Waals surface area contributed by atoms with Crippen LogP contribution in [0.15, 0.2) is 29.3 Å². The number of alkyl halides is 3. The fraction of sp³-hybridized carbons (Fsp3) is 0.364. The summed E-state index contributed by atoms with van der Waals surface area (Å²) in [5, 5.41) is 11.3. The Balaban J connectivity index is 2.54. The molecule has 0 fully saturated rings. The lowest BCUT2D eigenvalue weighted by atomic mass is 10.3. The van der Waals surface area contributed by atoms with Crippen LogP contribution in [0.4, 0.5) is 18.9 Å². The normalized spacial score (nSPS) is 12.3. The summed E-state index contributed by atoms with van der Waals surface area (Å²) in [6.07, 6.45) is -4.22. The minimum atomic E-state index is -4.71. The highest BCUT2D eigenvalue weighted by atomic mass is 19.4. The first-order valence-corrected chi connectivity index (χ1v) is 5.44. The number of halogens is 3. The number of aliphatic hydroxyl groups is 1. The zero-order chi connectivity index (χ0) is 14.3. The minimum Gasteiger partial charge on any atom is -0.406 e. The van der Waals surface area contributed by atoms with E-state index < -0.39 is 6.36 Å². The Morgan fingerprint density at radius 3 is 2.47 bits per heavy atom. The van der Waals surface area contributed by atoms with Crippen LogP contribution in [-0.2, 0) is 0 Å². The van der Waals surface area contributed by atoms with Crippen molar-refractivity contribution >= 4 is 11.6 Å². The average molecular weight is 277 g/mol. The number of nitrogens with two attached hydrogens (primary N) is 1. The molecule has 0 aromatic heterocycles. The molecule has 1 aromatic rings. The number of benzene rings is 1. The van der Waals surface area contributed by atoms with Crippen molar-refractivity contribution in [3.8, 4) is 5.75 Å². The van der Waals surface area contributed by atoms with Crippen molar-refractivity contribution in [1.82, 2.24) is 0 Å². The molecule has 0 atom stereocenters. The number of ether oxygens (including phenoxy) is 1. The van der Waals surface area contributed by atoms with E-state index in [-0.39, 0.29) is 18.3 Å². The Morgan fingerprint density at radius 1 is 1.32 bits per heavy atom. The molecule has 0 bridgehead atoms. The maximum atomic E-state index is 11.9. The van der Waals surface area contributed by atoms with Gasteiger partial charge in [-0.15, -0.1) is 13.2 Å². The van der Waals surface area contributed by atoms with Crippen molar-refractivity contribution in [1.29, 1.82) is 0 Å². The number of hydrogen-bond acceptors (Lipinski definition) is 3. The molecule has 4 N–H and O–H groups in total. The van der Waals surface area contributed by atoms with Crippen LogP contribution in [0.2, 0.25) is 0 Å². The first-order chi connectivity index (χ1) is 8.90. The molecule has 19 heavy (non-hydrogen) atoms. The molecule has 1 rings (SSSR count). The molecule has 8 heteroatoms. The topological polar surface area (TPSA) is 79.9 Å². The van der Waals surface area contributed by atoms with E-state index in [0.29, 0.717) is 18.7 Å². The number of anilines is 1. The van der Waals surface area contributed by atoms with Crippen molar-refractivity contribution in [3.63, 3.8) is 0 Å². The zero-order valence-electron chi connectivity index (χ0n) is 9.94. The zero-order valence-corrected chi connectivity index (χ0v) is 9.94. The monoisotopic (exact) mass is 277 g/mol. The Labute approximate surface area is 107 Å². The molecule has 0 radical (unpaired) electrons. The van der Waals surface area contributed by atoms with Crippen LogP contribution in [0, 0.1) is 0 Å². The van der Waals surface area contributed by atoms with Gasteiger partial charge in [0.1, 0.15) is 5.75 Å². The Bertz CT molecular complexity index is 418. The standard InChI is InChI=1S/C11H14F3N3O2/c12-11(13,14)19-9-4-2-8(3-5-9)17-10(15)16-6-1-7-18/h2-5,18H,1,6-7H2,(H3,15,16,17). The molecule has 0 unspecified atom stereocenters. The number of nitrogens with zero attached hydrogens (tertiary/aromatic N) is 1. The van der Waals surface area contributed by atoms with Crippen LogP contribution in [0.25, 0.3) is 0 Å². The predicted molar refractivity (Wildman–Crippen MR) is 64.9 cm³/mol. The van der Waals surface area contributed by atoms with Crippen LogP contribution < -0.4 is 15.8 Å². The molecule has 5 nitrogen and oxygen atoms in total. The Kier molecular flexibility index (Phi) is 5.43. The van der Waals surface area contributed by atoms with Gasteiger partial charge in [-0.2, -0.15) is 0 Å². The summed E-state index contributed by atoms with van der Waals surface area (Å²) < 4.78 is 39.5. The third-order valence-electron chi connectivity index (χ3n) is 1.96. The first-order valence-electron chi connectivity index (χ1n) is 5.44. The highest BCUT2D eigenvalue weighted by Gasteiger charge is 2.30. The van der Waals surface area contributed by atoms with Crippen molar-refractivity contribution in [2.24, 2.45) is 10.7 Å². The van der Waals surface area contributed by atoms with E-state index in [4.69, 9.17) is 10.8 Å². The second kappa shape index (κ2) is 6.83. The van der Waals surface area contributed by atoms with Gasteiger partial charge in [-0.1, -0.05) is 0 Å². The number of aliphatic hydroxyl groups excluding tert-OH is 1. The summed E-state index contributed by atoms with van der Waals surface area (Å²) in [4.78, 5) is 3.90. The molecule has 0 amide bonds. The molecule has 0 aliphatic heterocycles. The number of nitrogens with one attached hydrogen (secondary N) is 1. The first kappa shape index (κ1) is 15.1. The quantitative estimate of drug-likeness (QED) is 0.435. The third-order valence-corrected chi connectivity index (χ3v) is 1.96. The van der Waals surface area contributed by atoms with E-state index in [1.54, 1.807) is 0 Å². The molecule has 0 aliphatic carbocycles. The van der Waals surface area contributed by atoms with Crippen LogP contribution in [0.5, 0.6) is 5.75 Å². The van der Waals surface area contributed by atoms with Gasteiger partial charge in [0, 0.05) is 18.8 Å². The molecule has 0 saturated heterocycles. The lowest BCUT2D eigenvalue weighted by Crippen LogP contribution is -2.23. The highest BCUT2D eigenvalue weighted by Crippen LogP contribution is 2.23. The van der Waals surface area contributed by atoms with Gasteiger partial charge < -0.3 is 20.9 Å². The largest absolute Gasteiger partial charge is 0.573 e. The van der Waals surface area contributed by atoms with Crippen molar-refractivity contribution < 1.29 is 23.0 Å². The van der Waals surface area contributed by atoms with E-state index >= 15 is 0 Å². The molecular weight excluding hydrogens is 263 g/mol. The molecule has 1 aromatic carbocycles. The van der Waals surface area contributed by atoms with Gasteiger partial charge in [-0.05, 0) is 30.7 Å². The molecule has 0 aliphatic rings. The maximum absolute atomic E-state index is 11.9. The molecule has 0 spiro atoms. The minimum absolute atomic E-state index is 0.0141. The summed E-state index contributed by atoms with van der Waals surface area (Å²) in [7, 11) is 0. The maximum Gasteiger partial charge on any atom is 0.573 e. The number of aliphatic imine (C=N–C) groups is 1. The average Bonchev–Trinajstić information content (AvgIpc) is 2.30. The number of guanidine groups is 1. The lowest BCUT2D eigenvalue weighted by Gasteiger charge is -2.10. The van der Waals surface area contributed by atoms with Crippen LogP contribution in [0.1, 0.15) is 6.42 Å². The van der Waals surface area contributed by atoms with Crippen molar-refractivity contribution in [3.05, 3.63) is 24.3 Å². The SMILES string of the molecule is NC(=NCCCO)Nc1ccc(OC(F)(F)F)cc1. The van der Waals surface area contributed by atoms with Crippen molar-refractivity contribution in [2.45, 2.75) is 12.8 Å². The van der Waals surface area contributed by atoms with Crippen molar-refractivity contribution in [2.75, 3.05) is 18.5 Å². The van der Waals surface area contributed by atoms with E-state index in [0.717, 1.165) is 12.1 Å². The van der Waals surface area contributed by atoms with Gasteiger partial charge in [0.15, 0.2) is 5.96 Å². The number of rotatable bonds is 5. The van der Waals surface area contributed by atoms with Gasteiger partial charge in [0.25, 0.3) is 0 Å². The van der Waals surface area contributed by atoms with Crippen LogP contribution in [-0.4, -0.2) is 30.6 Å². The molecule has 106 valence electrons. The summed E-state index contributed by atoms with van der Waals surface area (Å²) in [5.41, 5.74) is 6.02. The van der Waals surface area contributed by atoms with Gasteiger partial charge >= 0.3 is 6.36 Å². The summed E-state index contributed by atoms with van der Waals surface area (Å²) >= 11 is 0. The second-order valence-corrected chi connectivity index (χ2v) is 3.54. The fourth-order valence-corrected chi connectivity index (χ4v) is 1.20. The van der Waals surface area contributed by atoms with E-state index in [1.165, 1.54) is 12.1 Å². The van der Waals surface area contributed by atoms with Gasteiger partial charge in [-0.25, -0.2) is 0 Å². The van der Waals surface area contributed by atoms with Crippen LogP contribution >= 0.6 is 0 Å². The van der Waals surface area contributed by atoms with E-state index in [2.05, 4.69) is 15.0 Å². The lowest BCUT2D eigenvalue weighted by molar-refractivity contribution is -0.274. The smallest absolute Gasteiger partial charge is 0.406 e. The summed E-state index contributed by atoms with van der Waals surface area (Å²) in [5.74, 6) is -0.188. The van der Waals surface area contributed by atoms with E-state index in [9.17, 15) is 13.2 Å². The Hall–Kier alpha value is -1.96. The summed E-state index contributed by atoms with van der Waals surface area (Å²) in [6, 6.07) is 5.10. The fourth-order valence-electron chi connectivity index (χ4n) is 1.20. The highest BCUT2D eigenvalue weighted by molar-refractivity contribution is 5.92. The molecular formula is C11H14F3N3O2. The molecule has 0 heterocycles. The van der Waals surface area contributed by atoms with Crippen LogP contribution in [0.3, 0.4) is 0 Å². The van der Waals surface area contributed by atoms with Gasteiger partial charge in [-0.3, -0.25) is 4.99 Å². The predicted octanol–water partition coefficient (Wildman–Crippen LogP) is 1.69. The van der Waals surface area contributed by atoms with E-state index in [1.807, 2.05) is 0 Å².